The zero-order valence-electron chi connectivity index (χ0n) is 48.7. The molecular formula is C71H71F5O11S. The first-order valence-electron chi connectivity index (χ1n) is 29.2. The number of carbonyl (C=O) groups is 1. The van der Waals surface area contributed by atoms with Crippen molar-refractivity contribution in [2.75, 3.05) is 13.2 Å². The molecule has 0 amide bonds. The van der Waals surface area contributed by atoms with Crippen molar-refractivity contribution in [3.8, 4) is 5.75 Å². The predicted molar refractivity (Wildman–Crippen MR) is 324 cm³/mol. The van der Waals surface area contributed by atoms with Gasteiger partial charge in [-0.2, -0.15) is 8.78 Å². The fraction of sp³-hybridized carbons (Fsp3) is 0.310. The second kappa shape index (κ2) is 33.3. The molecule has 10 atom stereocenters. The summed E-state index contributed by atoms with van der Waals surface area (Å²) in [4.78, 5) is 14.2. The van der Waals surface area contributed by atoms with Gasteiger partial charge in [-0.25, -0.2) is 18.0 Å². The third-order valence-electron chi connectivity index (χ3n) is 15.0. The Morgan fingerprint density at radius 3 is 1.62 bits per heavy atom. The molecule has 11 nitrogen and oxygen atoms in total. The van der Waals surface area contributed by atoms with Crippen LogP contribution in [0.4, 0.5) is 22.0 Å². The van der Waals surface area contributed by atoms with Crippen molar-refractivity contribution in [1.82, 2.24) is 0 Å². The summed E-state index contributed by atoms with van der Waals surface area (Å²) in [6.45, 7) is 7.44. The van der Waals surface area contributed by atoms with Crippen molar-refractivity contribution < 1.29 is 74.1 Å². The standard InChI is InChI=1S/C71H71F5O11S/c1-3-23-56-57(37-22-36-55(81-44-51-28-14-6-15-29-51)59(84-56)47-78-42-49-24-10-4-11-25-49)85-64(88-54-34-20-9-21-35-54)41-62(83-46-53-32-18-8-19-33-53)71(2)61(80-39-38-63(77)86-70-68(75)66(73)65(72)67(74)69(70)76)40-58(82-45-52-30-16-7-17-31-52)60(87-71)48-79-43-50-26-12-5-13-27-50/h3-22,24-35,37-39,55-62,64H,1,23,36,40-48H2,2H3/b37-22-,39-38+/t55-,56-,57+,58+,59+,60-,61-,62-,64?,71-/m1/s1. The van der Waals surface area contributed by atoms with Crippen LogP contribution in [0.25, 0.3) is 0 Å². The van der Waals surface area contributed by atoms with Crippen LogP contribution in [0, 0.1) is 29.1 Å². The van der Waals surface area contributed by atoms with Gasteiger partial charge in [0.1, 0.15) is 35.5 Å². The Kier molecular flexibility index (Phi) is 24.7. The molecule has 1 fully saturated rings. The molecule has 0 bridgehead atoms. The number of carbonyl (C=O) groups excluding carboxylic acids is 1. The first kappa shape index (κ1) is 65.2. The van der Waals surface area contributed by atoms with Gasteiger partial charge in [0.2, 0.25) is 34.8 Å². The largest absolute Gasteiger partial charge is 0.495 e. The number of benzene rings is 7. The summed E-state index contributed by atoms with van der Waals surface area (Å²) in [5.41, 5.74) is 2.44. The van der Waals surface area contributed by atoms with E-state index in [1.54, 1.807) is 6.08 Å². The molecule has 1 unspecified atom stereocenters. The Morgan fingerprint density at radius 2 is 1.09 bits per heavy atom. The van der Waals surface area contributed by atoms with Gasteiger partial charge in [0.25, 0.3) is 0 Å². The number of thioether (sulfide) groups is 1. The average Bonchev–Trinajstić information content (AvgIpc) is 2.01. The minimum Gasteiger partial charge on any atom is -0.495 e. The highest BCUT2D eigenvalue weighted by atomic mass is 32.2. The molecule has 1 saturated heterocycles. The first-order chi connectivity index (χ1) is 42.9. The van der Waals surface area contributed by atoms with Crippen molar-refractivity contribution in [3.05, 3.63) is 276 Å². The van der Waals surface area contributed by atoms with Crippen molar-refractivity contribution in [3.63, 3.8) is 0 Å². The highest BCUT2D eigenvalue weighted by molar-refractivity contribution is 7.99. The summed E-state index contributed by atoms with van der Waals surface area (Å²) in [7, 11) is 0. The average molecular weight is 1230 g/mol. The molecule has 2 heterocycles. The summed E-state index contributed by atoms with van der Waals surface area (Å²) in [6.07, 6.45) is 2.81. The number of halogens is 5. The fourth-order valence-electron chi connectivity index (χ4n) is 10.3. The number of hydrogen-bond donors (Lipinski definition) is 0. The summed E-state index contributed by atoms with van der Waals surface area (Å²) in [5, 5.41) is 0. The van der Waals surface area contributed by atoms with E-state index in [9.17, 15) is 26.7 Å². The Bertz CT molecular complexity index is 3270. The lowest BCUT2D eigenvalue weighted by atomic mass is 9.82. The zero-order valence-corrected chi connectivity index (χ0v) is 49.5. The molecule has 88 heavy (non-hydrogen) atoms. The molecule has 9 rings (SSSR count). The minimum absolute atomic E-state index is 0.0462. The third-order valence-corrected chi connectivity index (χ3v) is 16.1. The summed E-state index contributed by atoms with van der Waals surface area (Å²) in [6, 6.07) is 58.4. The Balaban J connectivity index is 1.07. The van der Waals surface area contributed by atoms with Gasteiger partial charge in [-0.1, -0.05) is 200 Å². The highest BCUT2D eigenvalue weighted by Crippen LogP contribution is 2.42. The molecule has 7 aromatic carbocycles. The molecule has 2 aliphatic heterocycles. The molecule has 462 valence electrons. The molecule has 0 radical (unpaired) electrons. The van der Waals surface area contributed by atoms with Gasteiger partial charge in [0.05, 0.1) is 83.0 Å². The van der Waals surface area contributed by atoms with Crippen LogP contribution in [0.15, 0.2) is 224 Å². The van der Waals surface area contributed by atoms with Crippen LogP contribution in [0.1, 0.15) is 60.4 Å². The van der Waals surface area contributed by atoms with Crippen LogP contribution < -0.4 is 4.74 Å². The molecule has 7 aromatic rings. The van der Waals surface area contributed by atoms with Crippen molar-refractivity contribution in [1.29, 1.82) is 0 Å². The van der Waals surface area contributed by atoms with Crippen LogP contribution in [0.5, 0.6) is 5.75 Å². The lowest BCUT2D eigenvalue weighted by Crippen LogP contribution is -2.63. The molecule has 17 heteroatoms. The predicted octanol–water partition coefficient (Wildman–Crippen LogP) is 15.1. The third kappa shape index (κ3) is 18.6. The van der Waals surface area contributed by atoms with E-state index < -0.39 is 101 Å². The second-order valence-corrected chi connectivity index (χ2v) is 22.6. The Hall–Kier alpha value is -7.29. The molecule has 0 spiro atoms. The van der Waals surface area contributed by atoms with E-state index in [2.05, 4.69) is 12.7 Å². The number of esters is 1. The Morgan fingerprint density at radius 1 is 0.614 bits per heavy atom. The second-order valence-electron chi connectivity index (χ2n) is 21.4. The maximum atomic E-state index is 14.8. The molecule has 2 aliphatic rings. The lowest BCUT2D eigenvalue weighted by molar-refractivity contribution is -0.281. The van der Waals surface area contributed by atoms with Gasteiger partial charge >= 0.3 is 5.97 Å². The topological polar surface area (TPSA) is 109 Å². The van der Waals surface area contributed by atoms with E-state index in [-0.39, 0.29) is 45.9 Å². The van der Waals surface area contributed by atoms with Crippen LogP contribution in [0.3, 0.4) is 0 Å². The summed E-state index contributed by atoms with van der Waals surface area (Å²) >= 11 is 1.47. The molecular weight excluding hydrogens is 1160 g/mol. The van der Waals surface area contributed by atoms with Crippen LogP contribution in [-0.2, 0) is 80.5 Å². The summed E-state index contributed by atoms with van der Waals surface area (Å²) in [5.74, 6) is -14.9. The van der Waals surface area contributed by atoms with Gasteiger partial charge in [-0.15, -0.1) is 6.58 Å². The quantitative estimate of drug-likeness (QED) is 0.00409. The van der Waals surface area contributed by atoms with Gasteiger partial charge in [0.15, 0.2) is 0 Å². The van der Waals surface area contributed by atoms with Crippen LogP contribution in [-0.4, -0.2) is 79.1 Å². The van der Waals surface area contributed by atoms with Crippen LogP contribution in [0.2, 0.25) is 0 Å². The number of ether oxygens (including phenoxy) is 10. The van der Waals surface area contributed by atoms with E-state index in [4.69, 9.17) is 47.4 Å². The van der Waals surface area contributed by atoms with Gasteiger partial charge < -0.3 is 47.4 Å². The fourth-order valence-corrected chi connectivity index (χ4v) is 11.4. The smallest absolute Gasteiger partial charge is 0.339 e. The van der Waals surface area contributed by atoms with E-state index in [1.807, 2.05) is 195 Å². The molecule has 0 N–H and O–H groups in total. The molecule has 0 aromatic heterocycles. The molecule has 0 saturated carbocycles. The van der Waals surface area contributed by atoms with Crippen molar-refractivity contribution in [2.45, 2.75) is 130 Å². The van der Waals surface area contributed by atoms with Crippen molar-refractivity contribution >= 4 is 17.7 Å². The highest BCUT2D eigenvalue weighted by Gasteiger charge is 2.54. The SMILES string of the molecule is C=CC[C@H]1O[C@@H](COCc2ccccc2)[C@H](OCc2ccccc2)C/C=C\[C@@H]1OC(C[C@@H](OCc1ccccc1)[C@]1(C)O[C@H](COCc2ccccc2)[C@@H](OCc2ccccc2)C[C@H]1O/C=C/C(=O)Oc1c(F)c(F)c(F)c(F)c1F)Sc1ccccc1. The van der Waals surface area contributed by atoms with Gasteiger partial charge in [0, 0.05) is 17.7 Å². The first-order valence-corrected chi connectivity index (χ1v) is 30.0. The van der Waals surface area contributed by atoms with E-state index in [1.165, 1.54) is 11.8 Å². The van der Waals surface area contributed by atoms with Crippen LogP contribution >= 0.6 is 11.8 Å². The maximum absolute atomic E-state index is 14.8. The minimum atomic E-state index is -2.41. The summed E-state index contributed by atoms with van der Waals surface area (Å²) < 4.78 is 138. The Labute approximate surface area is 515 Å². The van der Waals surface area contributed by atoms with Gasteiger partial charge in [-0.3, -0.25) is 0 Å². The van der Waals surface area contributed by atoms with Crippen molar-refractivity contribution in [2.24, 2.45) is 0 Å². The van der Waals surface area contributed by atoms with Gasteiger partial charge in [-0.05, 0) is 59.7 Å². The van der Waals surface area contributed by atoms with E-state index in [0.29, 0.717) is 32.1 Å². The lowest BCUT2D eigenvalue weighted by Gasteiger charge is -2.50. The molecule has 0 aliphatic carbocycles. The zero-order chi connectivity index (χ0) is 61.5. The van der Waals surface area contributed by atoms with E-state index in [0.717, 1.165) is 39.0 Å². The number of rotatable bonds is 30. The number of hydrogen-bond acceptors (Lipinski definition) is 12. The normalized spacial score (nSPS) is 22.3. The maximum Gasteiger partial charge on any atom is 0.339 e. The monoisotopic (exact) mass is 1230 g/mol. The van der Waals surface area contributed by atoms with E-state index >= 15 is 0 Å².